The molecule has 1 aliphatic heterocycles. The summed E-state index contributed by atoms with van der Waals surface area (Å²) in [6, 6.07) is 6.03. The van der Waals surface area contributed by atoms with Gasteiger partial charge in [-0.25, -0.2) is 0 Å². The number of hydrogen-bond acceptors (Lipinski definition) is 2. The Kier molecular flexibility index (Phi) is 4.47. The van der Waals surface area contributed by atoms with Gasteiger partial charge in [0.05, 0.1) is 13.7 Å². The predicted octanol–water partition coefficient (Wildman–Crippen LogP) is 3.29. The summed E-state index contributed by atoms with van der Waals surface area (Å²) >= 11 is 0. The van der Waals surface area contributed by atoms with Crippen LogP contribution < -0.4 is 9.47 Å². The number of ether oxygens (including phenoxy) is 2. The maximum atomic E-state index is 5.60. The highest BCUT2D eigenvalue weighted by Gasteiger charge is 2.16. The standard InChI is InChI=1S/C11H14O2.C2H6/c1-8-5-9-3-4-10(12-2)6-11(9)13-7-8;1-2/h3-4,6,8H,5,7H2,1-2H3;1-2H3. The van der Waals surface area contributed by atoms with Crippen molar-refractivity contribution in [1.29, 1.82) is 0 Å². The lowest BCUT2D eigenvalue weighted by Gasteiger charge is -2.22. The van der Waals surface area contributed by atoms with Crippen LogP contribution in [-0.4, -0.2) is 13.7 Å². The van der Waals surface area contributed by atoms with Crippen LogP contribution in [0.4, 0.5) is 0 Å². The van der Waals surface area contributed by atoms with Crippen molar-refractivity contribution in [2.45, 2.75) is 27.2 Å². The molecule has 0 N–H and O–H groups in total. The van der Waals surface area contributed by atoms with Gasteiger partial charge in [0.1, 0.15) is 11.5 Å². The summed E-state index contributed by atoms with van der Waals surface area (Å²) in [5.74, 6) is 2.48. The molecule has 2 rings (SSSR count). The molecule has 0 saturated carbocycles. The summed E-state index contributed by atoms with van der Waals surface area (Å²) < 4.78 is 10.7. The second kappa shape index (κ2) is 5.64. The Morgan fingerprint density at radius 1 is 1.33 bits per heavy atom. The Labute approximate surface area is 92.2 Å². The molecule has 1 heterocycles. The molecule has 0 aliphatic carbocycles. The van der Waals surface area contributed by atoms with Gasteiger partial charge >= 0.3 is 0 Å². The fourth-order valence-corrected chi connectivity index (χ4v) is 1.63. The van der Waals surface area contributed by atoms with Crippen LogP contribution in [0, 0.1) is 5.92 Å². The van der Waals surface area contributed by atoms with Gasteiger partial charge in [0.25, 0.3) is 0 Å². The molecule has 0 amide bonds. The Bertz CT molecular complexity index is 307. The average molecular weight is 208 g/mol. The summed E-state index contributed by atoms with van der Waals surface area (Å²) in [5, 5.41) is 0. The molecule has 0 spiro atoms. The van der Waals surface area contributed by atoms with E-state index in [0.717, 1.165) is 24.5 Å². The van der Waals surface area contributed by atoms with Gasteiger partial charge in [-0.1, -0.05) is 26.8 Å². The fourth-order valence-electron chi connectivity index (χ4n) is 1.63. The number of hydrogen-bond donors (Lipinski definition) is 0. The molecule has 1 atom stereocenters. The minimum atomic E-state index is 0.626. The van der Waals surface area contributed by atoms with Crippen molar-refractivity contribution in [1.82, 2.24) is 0 Å². The zero-order valence-corrected chi connectivity index (χ0v) is 10.0. The van der Waals surface area contributed by atoms with Crippen molar-refractivity contribution in [2.75, 3.05) is 13.7 Å². The second-order valence-corrected chi connectivity index (χ2v) is 3.59. The normalized spacial score (nSPS) is 18.0. The molecule has 1 aromatic carbocycles. The highest BCUT2D eigenvalue weighted by atomic mass is 16.5. The zero-order chi connectivity index (χ0) is 11.3. The van der Waals surface area contributed by atoms with Gasteiger partial charge in [0, 0.05) is 6.07 Å². The molecule has 0 radical (unpaired) electrons. The van der Waals surface area contributed by atoms with Crippen LogP contribution in [0.25, 0.3) is 0 Å². The Hall–Kier alpha value is -1.18. The van der Waals surface area contributed by atoms with Crippen LogP contribution in [0.5, 0.6) is 11.5 Å². The van der Waals surface area contributed by atoms with Crippen LogP contribution in [0.15, 0.2) is 18.2 Å². The third-order valence-corrected chi connectivity index (χ3v) is 2.37. The van der Waals surface area contributed by atoms with E-state index >= 15 is 0 Å². The summed E-state index contributed by atoms with van der Waals surface area (Å²) in [6.07, 6.45) is 1.11. The molecular formula is C13H20O2. The van der Waals surface area contributed by atoms with E-state index in [9.17, 15) is 0 Å². The molecule has 2 heteroatoms. The smallest absolute Gasteiger partial charge is 0.126 e. The Morgan fingerprint density at radius 2 is 2.07 bits per heavy atom. The molecule has 1 unspecified atom stereocenters. The lowest BCUT2D eigenvalue weighted by molar-refractivity contribution is 0.232. The molecule has 84 valence electrons. The topological polar surface area (TPSA) is 18.5 Å². The summed E-state index contributed by atoms with van der Waals surface area (Å²) in [4.78, 5) is 0. The molecule has 1 aliphatic rings. The van der Waals surface area contributed by atoms with E-state index in [4.69, 9.17) is 9.47 Å². The third-order valence-electron chi connectivity index (χ3n) is 2.37. The first kappa shape index (κ1) is 11.9. The van der Waals surface area contributed by atoms with Crippen molar-refractivity contribution >= 4 is 0 Å². The van der Waals surface area contributed by atoms with Crippen molar-refractivity contribution in [3.8, 4) is 11.5 Å². The Morgan fingerprint density at radius 3 is 2.73 bits per heavy atom. The lowest BCUT2D eigenvalue weighted by atomic mass is 9.98. The van der Waals surface area contributed by atoms with E-state index in [2.05, 4.69) is 13.0 Å². The van der Waals surface area contributed by atoms with E-state index in [1.165, 1.54) is 5.56 Å². The van der Waals surface area contributed by atoms with Gasteiger partial charge in [-0.3, -0.25) is 0 Å². The maximum absolute atomic E-state index is 5.60. The van der Waals surface area contributed by atoms with E-state index in [1.54, 1.807) is 7.11 Å². The number of fused-ring (bicyclic) bond motifs is 1. The van der Waals surface area contributed by atoms with Gasteiger partial charge < -0.3 is 9.47 Å². The number of methoxy groups -OCH3 is 1. The molecule has 0 aromatic heterocycles. The van der Waals surface area contributed by atoms with Gasteiger partial charge in [-0.2, -0.15) is 0 Å². The monoisotopic (exact) mass is 208 g/mol. The second-order valence-electron chi connectivity index (χ2n) is 3.59. The van der Waals surface area contributed by atoms with Crippen molar-refractivity contribution in [3.63, 3.8) is 0 Å². The predicted molar refractivity (Wildman–Crippen MR) is 62.7 cm³/mol. The van der Waals surface area contributed by atoms with Crippen LogP contribution in [-0.2, 0) is 6.42 Å². The zero-order valence-electron chi connectivity index (χ0n) is 10.0. The number of rotatable bonds is 1. The van der Waals surface area contributed by atoms with Crippen LogP contribution in [0.2, 0.25) is 0 Å². The van der Waals surface area contributed by atoms with Gasteiger partial charge in [0.15, 0.2) is 0 Å². The first-order chi connectivity index (χ1) is 7.29. The molecule has 1 aromatic rings. The highest BCUT2D eigenvalue weighted by Crippen LogP contribution is 2.30. The van der Waals surface area contributed by atoms with Crippen molar-refractivity contribution in [2.24, 2.45) is 5.92 Å². The molecule has 0 saturated heterocycles. The molecular weight excluding hydrogens is 188 g/mol. The third kappa shape index (κ3) is 2.88. The van der Waals surface area contributed by atoms with Crippen LogP contribution in [0.3, 0.4) is 0 Å². The Balaban J connectivity index is 0.000000531. The minimum absolute atomic E-state index is 0.626. The van der Waals surface area contributed by atoms with E-state index in [1.807, 2.05) is 26.0 Å². The summed E-state index contributed by atoms with van der Waals surface area (Å²) in [5.41, 5.74) is 1.29. The minimum Gasteiger partial charge on any atom is -0.497 e. The van der Waals surface area contributed by atoms with Crippen LogP contribution >= 0.6 is 0 Å². The van der Waals surface area contributed by atoms with Gasteiger partial charge in [0.2, 0.25) is 0 Å². The quantitative estimate of drug-likeness (QED) is 0.705. The first-order valence-corrected chi connectivity index (χ1v) is 5.59. The van der Waals surface area contributed by atoms with E-state index in [-0.39, 0.29) is 0 Å². The summed E-state index contributed by atoms with van der Waals surface area (Å²) in [6.45, 7) is 7.02. The molecule has 15 heavy (non-hydrogen) atoms. The van der Waals surface area contributed by atoms with E-state index < -0.39 is 0 Å². The molecule has 0 bridgehead atoms. The van der Waals surface area contributed by atoms with Crippen molar-refractivity contribution in [3.05, 3.63) is 23.8 Å². The van der Waals surface area contributed by atoms with Crippen molar-refractivity contribution < 1.29 is 9.47 Å². The van der Waals surface area contributed by atoms with Gasteiger partial charge in [-0.15, -0.1) is 0 Å². The molecule has 2 nitrogen and oxygen atoms in total. The van der Waals surface area contributed by atoms with E-state index in [0.29, 0.717) is 5.92 Å². The molecule has 0 fully saturated rings. The largest absolute Gasteiger partial charge is 0.497 e. The SMILES string of the molecule is CC.COc1ccc2c(c1)OCC(C)C2. The van der Waals surface area contributed by atoms with Crippen LogP contribution in [0.1, 0.15) is 26.3 Å². The maximum Gasteiger partial charge on any atom is 0.126 e. The average Bonchev–Trinajstić information content (AvgIpc) is 2.31. The number of benzene rings is 1. The van der Waals surface area contributed by atoms with Gasteiger partial charge in [-0.05, 0) is 24.0 Å². The summed E-state index contributed by atoms with van der Waals surface area (Å²) in [7, 11) is 1.67. The fraction of sp³-hybridized carbons (Fsp3) is 0.538. The first-order valence-electron chi connectivity index (χ1n) is 5.59. The lowest BCUT2D eigenvalue weighted by Crippen LogP contribution is -2.17. The highest BCUT2D eigenvalue weighted by molar-refractivity contribution is 5.41.